The summed E-state index contributed by atoms with van der Waals surface area (Å²) >= 11 is 0. The Bertz CT molecular complexity index is 437. The molecule has 0 aromatic carbocycles. The Morgan fingerprint density at radius 2 is 2.15 bits per heavy atom. The fourth-order valence-electron chi connectivity index (χ4n) is 1.30. The summed E-state index contributed by atoms with van der Waals surface area (Å²) in [5.74, 6) is -3.09. The maximum absolute atomic E-state index is 11.5. The van der Waals surface area contributed by atoms with Crippen molar-refractivity contribution < 1.29 is 43.4 Å². The lowest BCUT2D eigenvalue weighted by Gasteiger charge is -2.14. The van der Waals surface area contributed by atoms with Gasteiger partial charge in [-0.1, -0.05) is 0 Å². The summed E-state index contributed by atoms with van der Waals surface area (Å²) in [7, 11) is -4.63. The summed E-state index contributed by atoms with van der Waals surface area (Å²) in [6, 6.07) is 0. The maximum atomic E-state index is 11.5. The molecule has 0 amide bonds. The number of esters is 1. The second kappa shape index (κ2) is 7.02. The first-order valence-corrected chi connectivity index (χ1v) is 7.12. The first kappa shape index (κ1) is 16.9. The van der Waals surface area contributed by atoms with Crippen LogP contribution in [0, 0.1) is 0 Å². The van der Waals surface area contributed by atoms with Gasteiger partial charge in [0.2, 0.25) is 0 Å². The molecule has 0 aromatic heterocycles. The van der Waals surface area contributed by atoms with Crippen molar-refractivity contribution in [3.63, 3.8) is 0 Å². The summed E-state index contributed by atoms with van der Waals surface area (Å²) in [5.41, 5.74) is 5.17. The second-order valence-electron chi connectivity index (χ2n) is 3.83. The van der Waals surface area contributed by atoms with Crippen molar-refractivity contribution in [2.75, 3.05) is 19.8 Å². The van der Waals surface area contributed by atoms with E-state index in [-0.39, 0.29) is 19.6 Å². The van der Waals surface area contributed by atoms with E-state index in [0.29, 0.717) is 0 Å². The molecule has 116 valence electrons. The number of rotatable bonds is 8. The molecule has 0 aromatic rings. The summed E-state index contributed by atoms with van der Waals surface area (Å²) in [6.07, 6.45) is -2.86. The normalized spacial score (nSPS) is 23.4. The molecule has 6 N–H and O–H groups in total. The number of nitrogens with two attached hydrogens (primary N) is 1. The summed E-state index contributed by atoms with van der Waals surface area (Å²) in [6.45, 7) is -0.754. The van der Waals surface area contributed by atoms with Crippen LogP contribution in [0.25, 0.3) is 0 Å². The van der Waals surface area contributed by atoms with Crippen LogP contribution < -0.4 is 5.73 Å². The van der Waals surface area contributed by atoms with Gasteiger partial charge >= 0.3 is 13.8 Å². The Kier molecular flexibility index (Phi) is 5.93. The van der Waals surface area contributed by atoms with Gasteiger partial charge in [-0.05, 0) is 13.0 Å². The zero-order valence-corrected chi connectivity index (χ0v) is 11.2. The van der Waals surface area contributed by atoms with Crippen molar-refractivity contribution in [3.8, 4) is 0 Å². The monoisotopic (exact) mass is 313 g/mol. The smallest absolute Gasteiger partial charge is 0.505 e. The van der Waals surface area contributed by atoms with Gasteiger partial charge in [0.1, 0.15) is 6.10 Å². The fourth-order valence-corrected chi connectivity index (χ4v) is 2.12. The molecule has 1 aliphatic rings. The Hall–Kier alpha value is -1.16. The third kappa shape index (κ3) is 4.17. The largest absolute Gasteiger partial charge is 0.527 e. The molecule has 11 heteroatoms. The molecule has 0 aliphatic carbocycles. The minimum atomic E-state index is -4.63. The van der Waals surface area contributed by atoms with Gasteiger partial charge in [-0.25, -0.2) is 9.36 Å². The molecule has 1 heterocycles. The third-order valence-electron chi connectivity index (χ3n) is 2.27. The molecule has 0 saturated carbocycles. The van der Waals surface area contributed by atoms with Crippen molar-refractivity contribution in [1.82, 2.24) is 0 Å². The Morgan fingerprint density at radius 3 is 2.70 bits per heavy atom. The molecule has 0 radical (unpaired) electrons. The van der Waals surface area contributed by atoms with Crippen LogP contribution in [0.1, 0.15) is 6.42 Å². The Labute approximate surface area is 114 Å². The van der Waals surface area contributed by atoms with E-state index in [9.17, 15) is 24.5 Å². The number of aliphatic hydroxyl groups is 3. The van der Waals surface area contributed by atoms with Crippen LogP contribution in [0.15, 0.2) is 11.5 Å². The zero-order chi connectivity index (χ0) is 15.3. The highest BCUT2D eigenvalue weighted by atomic mass is 31.2. The standard InChI is InChI=1S/C9H16NO9P/c10-2-1-3-17-20(15,16)19-8-6(13)7(5(12)4-11)18-9(8)14/h5,7,11-13H,1-4,10H2,(H,15,16). The molecule has 3 unspecified atom stereocenters. The van der Waals surface area contributed by atoms with E-state index >= 15 is 0 Å². The van der Waals surface area contributed by atoms with Crippen molar-refractivity contribution in [3.05, 3.63) is 11.5 Å². The molecular formula is C9H16NO9P. The lowest BCUT2D eigenvalue weighted by Crippen LogP contribution is -2.31. The Balaban J connectivity index is 2.76. The highest BCUT2D eigenvalue weighted by Crippen LogP contribution is 2.47. The summed E-state index contributed by atoms with van der Waals surface area (Å²) < 4.78 is 24.9. The van der Waals surface area contributed by atoms with Crippen LogP contribution in [0.5, 0.6) is 0 Å². The first-order valence-electron chi connectivity index (χ1n) is 5.62. The van der Waals surface area contributed by atoms with Crippen LogP contribution in [0.2, 0.25) is 0 Å². The van der Waals surface area contributed by atoms with Gasteiger partial charge in [-0.3, -0.25) is 9.42 Å². The van der Waals surface area contributed by atoms with Crippen LogP contribution >= 0.6 is 7.82 Å². The van der Waals surface area contributed by atoms with E-state index in [1.54, 1.807) is 0 Å². The van der Waals surface area contributed by atoms with E-state index in [1.807, 2.05) is 0 Å². The van der Waals surface area contributed by atoms with Gasteiger partial charge in [0.15, 0.2) is 11.9 Å². The topological polar surface area (TPSA) is 169 Å². The number of phosphoric ester groups is 1. The van der Waals surface area contributed by atoms with Crippen LogP contribution in [-0.4, -0.2) is 58.1 Å². The predicted octanol–water partition coefficient (Wildman–Crippen LogP) is -1.48. The number of carbonyl (C=O) groups excluding carboxylic acids is 1. The number of carbonyl (C=O) groups is 1. The molecule has 0 spiro atoms. The minimum Gasteiger partial charge on any atom is -0.505 e. The average Bonchev–Trinajstić information content (AvgIpc) is 2.65. The third-order valence-corrected chi connectivity index (χ3v) is 3.19. The molecule has 0 bridgehead atoms. The van der Waals surface area contributed by atoms with Crippen LogP contribution in [-0.2, 0) is 23.1 Å². The highest BCUT2D eigenvalue weighted by molar-refractivity contribution is 7.47. The molecule has 1 aliphatic heterocycles. The van der Waals surface area contributed by atoms with E-state index in [0.717, 1.165) is 0 Å². The maximum Gasteiger partial charge on any atom is 0.527 e. The number of cyclic esters (lactones) is 1. The molecule has 20 heavy (non-hydrogen) atoms. The van der Waals surface area contributed by atoms with E-state index < -0.39 is 44.1 Å². The summed E-state index contributed by atoms with van der Waals surface area (Å²) in [5, 5.41) is 27.6. The quantitative estimate of drug-likeness (QED) is 0.202. The molecule has 3 atom stereocenters. The van der Waals surface area contributed by atoms with Gasteiger partial charge in [0.25, 0.3) is 5.76 Å². The lowest BCUT2D eigenvalue weighted by molar-refractivity contribution is -0.147. The number of aliphatic hydroxyl groups excluding tert-OH is 3. The van der Waals surface area contributed by atoms with Crippen LogP contribution in [0.4, 0.5) is 0 Å². The van der Waals surface area contributed by atoms with Gasteiger partial charge in [0.05, 0.1) is 13.2 Å². The van der Waals surface area contributed by atoms with E-state index in [1.165, 1.54) is 0 Å². The molecule has 10 nitrogen and oxygen atoms in total. The molecular weight excluding hydrogens is 297 g/mol. The van der Waals surface area contributed by atoms with Crippen molar-refractivity contribution in [2.24, 2.45) is 5.73 Å². The summed E-state index contributed by atoms with van der Waals surface area (Å²) in [4.78, 5) is 20.7. The number of hydrogen-bond acceptors (Lipinski definition) is 9. The molecule has 0 fully saturated rings. The zero-order valence-electron chi connectivity index (χ0n) is 10.3. The SMILES string of the molecule is NCCCOP(=O)(O)OC1=C(O)C(C(O)CO)OC1=O. The Morgan fingerprint density at radius 1 is 1.50 bits per heavy atom. The van der Waals surface area contributed by atoms with Crippen LogP contribution in [0.3, 0.4) is 0 Å². The van der Waals surface area contributed by atoms with Crippen molar-refractivity contribution in [2.45, 2.75) is 18.6 Å². The first-order chi connectivity index (χ1) is 9.32. The highest BCUT2D eigenvalue weighted by Gasteiger charge is 2.43. The predicted molar refractivity (Wildman–Crippen MR) is 63.2 cm³/mol. The molecule has 1 rings (SSSR count). The van der Waals surface area contributed by atoms with E-state index in [2.05, 4.69) is 13.8 Å². The van der Waals surface area contributed by atoms with Crippen molar-refractivity contribution >= 4 is 13.8 Å². The minimum absolute atomic E-state index is 0.184. The van der Waals surface area contributed by atoms with Gasteiger partial charge in [-0.15, -0.1) is 0 Å². The fraction of sp³-hybridized carbons (Fsp3) is 0.667. The number of ether oxygens (including phenoxy) is 1. The lowest BCUT2D eigenvalue weighted by atomic mass is 10.2. The van der Waals surface area contributed by atoms with Gasteiger partial charge in [0, 0.05) is 0 Å². The average molecular weight is 313 g/mol. The van der Waals surface area contributed by atoms with Crippen molar-refractivity contribution in [1.29, 1.82) is 0 Å². The number of phosphoric acid groups is 1. The second-order valence-corrected chi connectivity index (χ2v) is 5.20. The molecule has 0 saturated heterocycles. The van der Waals surface area contributed by atoms with Gasteiger partial charge in [-0.2, -0.15) is 0 Å². The van der Waals surface area contributed by atoms with Gasteiger partial charge < -0.3 is 30.3 Å². The number of hydrogen-bond donors (Lipinski definition) is 5. The van der Waals surface area contributed by atoms with E-state index in [4.69, 9.17) is 10.8 Å².